The van der Waals surface area contributed by atoms with E-state index in [-0.39, 0.29) is 33.1 Å². The van der Waals surface area contributed by atoms with Crippen molar-refractivity contribution in [3.05, 3.63) is 93.5 Å². The minimum absolute atomic E-state index is 0.0152. The first-order chi connectivity index (χ1) is 19.5. The fourth-order valence-electron chi connectivity index (χ4n) is 4.37. The molecule has 0 aromatic heterocycles. The van der Waals surface area contributed by atoms with E-state index < -0.39 is 28.5 Å². The Hall–Kier alpha value is -3.07. The molecule has 0 saturated heterocycles. The third-order valence-electron chi connectivity index (χ3n) is 6.71. The van der Waals surface area contributed by atoms with Crippen molar-refractivity contribution < 1.29 is 18.0 Å². The summed E-state index contributed by atoms with van der Waals surface area (Å²) in [5.74, 6) is -0.810. The molecule has 220 valence electrons. The van der Waals surface area contributed by atoms with Crippen molar-refractivity contribution in [1.82, 2.24) is 10.2 Å². The Balaban J connectivity index is 2.06. The number of halogens is 2. The van der Waals surface area contributed by atoms with Gasteiger partial charge in [0.25, 0.3) is 10.0 Å². The Morgan fingerprint density at radius 1 is 0.878 bits per heavy atom. The first-order valence-electron chi connectivity index (χ1n) is 13.6. The third-order valence-corrected chi connectivity index (χ3v) is 8.94. The van der Waals surface area contributed by atoms with E-state index in [1.807, 2.05) is 52.0 Å². The number of carbonyl (C=O) groups is 2. The number of anilines is 1. The molecule has 10 heteroatoms. The van der Waals surface area contributed by atoms with E-state index in [2.05, 4.69) is 5.32 Å². The van der Waals surface area contributed by atoms with E-state index in [0.29, 0.717) is 13.0 Å². The van der Waals surface area contributed by atoms with Crippen molar-refractivity contribution in [2.24, 2.45) is 0 Å². The van der Waals surface area contributed by atoms with E-state index in [9.17, 15) is 18.0 Å². The number of unbranched alkanes of at least 4 members (excludes halogenated alkanes) is 1. The van der Waals surface area contributed by atoms with E-state index >= 15 is 0 Å². The standard InChI is InChI=1S/C31H37Cl2N3O4S/c1-5-7-16-34-31(38)29(6-2)35(20-24-12-8-22(3)9-13-24)30(37)21-36(27-18-25(32)17-26(33)19-27)41(39,40)28-14-10-23(4)11-15-28/h8-15,17-19,29H,5-7,16,20-21H2,1-4H3,(H,34,38). The first-order valence-corrected chi connectivity index (χ1v) is 15.8. The lowest BCUT2D eigenvalue weighted by molar-refractivity contribution is -0.140. The maximum Gasteiger partial charge on any atom is 0.264 e. The number of carbonyl (C=O) groups excluding carboxylic acids is 2. The highest BCUT2D eigenvalue weighted by Gasteiger charge is 2.33. The number of amides is 2. The largest absolute Gasteiger partial charge is 0.354 e. The quantitative estimate of drug-likeness (QED) is 0.221. The van der Waals surface area contributed by atoms with Gasteiger partial charge in [0.05, 0.1) is 10.6 Å². The molecule has 3 aromatic rings. The minimum Gasteiger partial charge on any atom is -0.354 e. The van der Waals surface area contributed by atoms with Crippen LogP contribution in [0.15, 0.2) is 71.6 Å². The van der Waals surface area contributed by atoms with Gasteiger partial charge in [-0.05, 0) is 62.6 Å². The zero-order chi connectivity index (χ0) is 30.2. The molecule has 0 fully saturated rings. The molecular formula is C31H37Cl2N3O4S. The number of nitrogens with one attached hydrogen (secondary N) is 1. The van der Waals surface area contributed by atoms with Crippen LogP contribution in [-0.4, -0.2) is 44.3 Å². The highest BCUT2D eigenvalue weighted by atomic mass is 35.5. The lowest BCUT2D eigenvalue weighted by atomic mass is 10.1. The monoisotopic (exact) mass is 617 g/mol. The van der Waals surface area contributed by atoms with Gasteiger partial charge in [0.1, 0.15) is 12.6 Å². The minimum atomic E-state index is -4.21. The van der Waals surface area contributed by atoms with Crippen molar-refractivity contribution in [3.8, 4) is 0 Å². The third kappa shape index (κ3) is 8.71. The molecule has 3 rings (SSSR count). The second-order valence-electron chi connectivity index (χ2n) is 10.0. The first kappa shape index (κ1) is 32.4. The summed E-state index contributed by atoms with van der Waals surface area (Å²) in [5.41, 5.74) is 2.92. The van der Waals surface area contributed by atoms with Gasteiger partial charge < -0.3 is 10.2 Å². The number of sulfonamides is 1. The Labute approximate surface area is 253 Å². The van der Waals surface area contributed by atoms with Crippen molar-refractivity contribution in [1.29, 1.82) is 0 Å². The van der Waals surface area contributed by atoms with Crippen LogP contribution >= 0.6 is 23.2 Å². The van der Waals surface area contributed by atoms with E-state index in [4.69, 9.17) is 23.2 Å². The number of benzene rings is 3. The van der Waals surface area contributed by atoms with Gasteiger partial charge in [-0.15, -0.1) is 0 Å². The Morgan fingerprint density at radius 3 is 1.98 bits per heavy atom. The summed E-state index contributed by atoms with van der Waals surface area (Å²) in [4.78, 5) is 28.8. The van der Waals surface area contributed by atoms with Crippen LogP contribution in [0.2, 0.25) is 10.0 Å². The van der Waals surface area contributed by atoms with Gasteiger partial charge in [-0.25, -0.2) is 8.42 Å². The van der Waals surface area contributed by atoms with Crippen molar-refractivity contribution in [2.45, 2.75) is 64.4 Å². The second kappa shape index (κ2) is 14.7. The lowest BCUT2D eigenvalue weighted by Crippen LogP contribution is -2.52. The highest BCUT2D eigenvalue weighted by Crippen LogP contribution is 2.30. The molecule has 2 amide bonds. The van der Waals surface area contributed by atoms with Crippen molar-refractivity contribution >= 4 is 50.7 Å². The van der Waals surface area contributed by atoms with Crippen LogP contribution in [-0.2, 0) is 26.2 Å². The summed E-state index contributed by atoms with van der Waals surface area (Å²) in [6.45, 7) is 7.75. The van der Waals surface area contributed by atoms with Crippen LogP contribution in [0.3, 0.4) is 0 Å². The molecule has 3 aromatic carbocycles. The SMILES string of the molecule is CCCCNC(=O)C(CC)N(Cc1ccc(C)cc1)C(=O)CN(c1cc(Cl)cc(Cl)c1)S(=O)(=O)c1ccc(C)cc1. The molecule has 0 bridgehead atoms. The number of nitrogens with zero attached hydrogens (tertiary/aromatic N) is 2. The fraction of sp³-hybridized carbons (Fsp3) is 0.355. The number of rotatable bonds is 13. The normalized spacial score (nSPS) is 12.0. The molecule has 0 heterocycles. The molecule has 0 aliphatic carbocycles. The Kier molecular flexibility index (Phi) is 11.6. The predicted octanol–water partition coefficient (Wildman–Crippen LogP) is 6.53. The zero-order valence-corrected chi connectivity index (χ0v) is 26.2. The van der Waals surface area contributed by atoms with Gasteiger partial charge in [0.15, 0.2) is 0 Å². The highest BCUT2D eigenvalue weighted by molar-refractivity contribution is 7.92. The van der Waals surface area contributed by atoms with Crippen molar-refractivity contribution in [2.75, 3.05) is 17.4 Å². The number of hydrogen-bond donors (Lipinski definition) is 1. The van der Waals surface area contributed by atoms with Gasteiger partial charge in [0.2, 0.25) is 11.8 Å². The van der Waals surface area contributed by atoms with Crippen molar-refractivity contribution in [3.63, 3.8) is 0 Å². The molecule has 0 aliphatic heterocycles. The molecule has 7 nitrogen and oxygen atoms in total. The van der Waals surface area contributed by atoms with Gasteiger partial charge in [-0.2, -0.15) is 0 Å². The van der Waals surface area contributed by atoms with Crippen LogP contribution in [0, 0.1) is 13.8 Å². The molecule has 0 radical (unpaired) electrons. The molecule has 1 atom stereocenters. The average Bonchev–Trinajstić information content (AvgIpc) is 2.92. The molecule has 1 unspecified atom stereocenters. The van der Waals surface area contributed by atoms with Gasteiger partial charge in [0, 0.05) is 23.1 Å². The van der Waals surface area contributed by atoms with Crippen LogP contribution in [0.1, 0.15) is 49.8 Å². The van der Waals surface area contributed by atoms with Crippen LogP contribution < -0.4 is 9.62 Å². The molecule has 0 spiro atoms. The Bertz CT molecular complexity index is 1420. The summed E-state index contributed by atoms with van der Waals surface area (Å²) in [6.07, 6.45) is 2.08. The molecule has 0 aliphatic rings. The summed E-state index contributed by atoms with van der Waals surface area (Å²) in [5, 5.41) is 3.38. The number of aryl methyl sites for hydroxylation is 2. The van der Waals surface area contributed by atoms with E-state index in [0.717, 1.165) is 33.8 Å². The average molecular weight is 619 g/mol. The summed E-state index contributed by atoms with van der Waals surface area (Å²) in [6, 6.07) is 17.6. The lowest BCUT2D eigenvalue weighted by Gasteiger charge is -2.33. The van der Waals surface area contributed by atoms with E-state index in [1.54, 1.807) is 12.1 Å². The Morgan fingerprint density at radius 2 is 1.44 bits per heavy atom. The maximum atomic E-state index is 14.1. The predicted molar refractivity (Wildman–Crippen MR) is 166 cm³/mol. The number of hydrogen-bond acceptors (Lipinski definition) is 4. The smallest absolute Gasteiger partial charge is 0.264 e. The summed E-state index contributed by atoms with van der Waals surface area (Å²) < 4.78 is 28.9. The molecular weight excluding hydrogens is 581 g/mol. The van der Waals surface area contributed by atoms with Crippen LogP contribution in [0.4, 0.5) is 5.69 Å². The zero-order valence-electron chi connectivity index (χ0n) is 23.9. The second-order valence-corrected chi connectivity index (χ2v) is 12.8. The van der Waals surface area contributed by atoms with Crippen LogP contribution in [0.25, 0.3) is 0 Å². The molecule has 41 heavy (non-hydrogen) atoms. The topological polar surface area (TPSA) is 86.8 Å². The molecule has 1 N–H and O–H groups in total. The maximum absolute atomic E-state index is 14.1. The summed E-state index contributed by atoms with van der Waals surface area (Å²) in [7, 11) is -4.21. The molecule has 0 saturated carbocycles. The van der Waals surface area contributed by atoms with Gasteiger partial charge >= 0.3 is 0 Å². The van der Waals surface area contributed by atoms with Gasteiger partial charge in [-0.1, -0.05) is 91.0 Å². The van der Waals surface area contributed by atoms with E-state index in [1.165, 1.54) is 35.2 Å². The van der Waals surface area contributed by atoms with Crippen LogP contribution in [0.5, 0.6) is 0 Å². The van der Waals surface area contributed by atoms with Gasteiger partial charge in [-0.3, -0.25) is 13.9 Å². The fourth-order valence-corrected chi connectivity index (χ4v) is 6.28. The summed E-state index contributed by atoms with van der Waals surface area (Å²) >= 11 is 12.5.